The van der Waals surface area contributed by atoms with E-state index in [0.29, 0.717) is 24.1 Å². The highest BCUT2D eigenvalue weighted by Gasteiger charge is 2.41. The van der Waals surface area contributed by atoms with Crippen molar-refractivity contribution in [3.05, 3.63) is 34.3 Å². The van der Waals surface area contributed by atoms with Gasteiger partial charge in [0.1, 0.15) is 5.84 Å². The molecule has 0 amide bonds. The van der Waals surface area contributed by atoms with Crippen LogP contribution in [0.2, 0.25) is 5.02 Å². The molecule has 0 saturated heterocycles. The van der Waals surface area contributed by atoms with Crippen LogP contribution < -0.4 is 5.73 Å². The van der Waals surface area contributed by atoms with Crippen LogP contribution in [0.3, 0.4) is 0 Å². The van der Waals surface area contributed by atoms with Gasteiger partial charge in [-0.2, -0.15) is 0 Å². The van der Waals surface area contributed by atoms with E-state index in [0.717, 1.165) is 11.1 Å². The summed E-state index contributed by atoms with van der Waals surface area (Å²) in [5.41, 5.74) is 7.47. The number of nitrogens with two attached hydrogens (primary N) is 1. The molecule has 0 spiro atoms. The zero-order chi connectivity index (χ0) is 12.5. The van der Waals surface area contributed by atoms with Crippen molar-refractivity contribution in [2.24, 2.45) is 10.7 Å². The molecule has 0 radical (unpaired) electrons. The monoisotopic (exact) mass is 254 g/mol. The Morgan fingerprint density at radius 3 is 2.53 bits per heavy atom. The van der Waals surface area contributed by atoms with Crippen LogP contribution in [0.15, 0.2) is 23.2 Å². The highest BCUT2D eigenvalue weighted by atomic mass is 35.5. The molecule has 2 N–H and O–H groups in total. The number of aliphatic imine (C=N–C) groups is 1. The van der Waals surface area contributed by atoms with E-state index >= 15 is 0 Å². The summed E-state index contributed by atoms with van der Waals surface area (Å²) in [5, 5.41) is 0.616. The lowest BCUT2D eigenvalue weighted by Crippen LogP contribution is -2.29. The summed E-state index contributed by atoms with van der Waals surface area (Å²) in [6.45, 7) is 4.75. The molecule has 5 heteroatoms. The van der Waals surface area contributed by atoms with Gasteiger partial charge in [-0.15, -0.1) is 0 Å². The minimum atomic E-state index is -1.10. The highest BCUT2D eigenvalue weighted by molar-refractivity contribution is 6.31. The van der Waals surface area contributed by atoms with Crippen LogP contribution in [-0.4, -0.2) is 19.0 Å². The Kier molecular flexibility index (Phi) is 3.38. The van der Waals surface area contributed by atoms with E-state index < -0.39 is 5.91 Å². The van der Waals surface area contributed by atoms with Crippen molar-refractivity contribution in [3.8, 4) is 0 Å². The predicted molar refractivity (Wildman–Crippen MR) is 67.1 cm³/mol. The second-order valence-electron chi connectivity index (χ2n) is 3.63. The molecule has 1 aromatic rings. The molecule has 0 aliphatic carbocycles. The molecule has 0 aromatic heterocycles. The smallest absolute Gasteiger partial charge is 0.300 e. The fraction of sp³-hybridized carbons (Fsp3) is 0.417. The van der Waals surface area contributed by atoms with Crippen LogP contribution in [0.5, 0.6) is 0 Å². The third-order valence-electron chi connectivity index (χ3n) is 2.55. The van der Waals surface area contributed by atoms with E-state index in [1.54, 1.807) is 12.1 Å². The number of halogens is 1. The standard InChI is InChI=1S/C12H15ClN2O2/c1-3-16-12(17-4-2)10-6-5-8(13)7-9(10)11(14)15-12/h5-7H,3-4H2,1-2H3,(H2,14,15). The SMILES string of the molecule is CCOC1(OCC)N=C(N)c2cc(Cl)ccc21. The number of nitrogens with zero attached hydrogens (tertiary/aromatic N) is 1. The van der Waals surface area contributed by atoms with Gasteiger partial charge in [0.25, 0.3) is 0 Å². The van der Waals surface area contributed by atoms with E-state index in [4.69, 9.17) is 26.8 Å². The summed E-state index contributed by atoms with van der Waals surface area (Å²) in [6, 6.07) is 5.39. The van der Waals surface area contributed by atoms with E-state index in [-0.39, 0.29) is 0 Å². The van der Waals surface area contributed by atoms with Crippen molar-refractivity contribution in [2.75, 3.05) is 13.2 Å². The molecule has 2 rings (SSSR count). The summed E-state index contributed by atoms with van der Waals surface area (Å²) >= 11 is 5.94. The third-order valence-corrected chi connectivity index (χ3v) is 2.78. The van der Waals surface area contributed by atoms with Crippen molar-refractivity contribution in [1.29, 1.82) is 0 Å². The van der Waals surface area contributed by atoms with Gasteiger partial charge < -0.3 is 15.2 Å². The number of amidine groups is 1. The van der Waals surface area contributed by atoms with Crippen molar-refractivity contribution in [3.63, 3.8) is 0 Å². The van der Waals surface area contributed by atoms with Gasteiger partial charge in [0, 0.05) is 29.4 Å². The molecule has 4 nitrogen and oxygen atoms in total. The van der Waals surface area contributed by atoms with Crippen LogP contribution >= 0.6 is 11.6 Å². The first kappa shape index (κ1) is 12.4. The molecule has 1 aliphatic heterocycles. The van der Waals surface area contributed by atoms with E-state index in [9.17, 15) is 0 Å². The van der Waals surface area contributed by atoms with Gasteiger partial charge in [0.15, 0.2) is 0 Å². The zero-order valence-corrected chi connectivity index (χ0v) is 10.6. The third kappa shape index (κ3) is 2.04. The van der Waals surface area contributed by atoms with Gasteiger partial charge in [-0.25, -0.2) is 4.99 Å². The second-order valence-corrected chi connectivity index (χ2v) is 4.07. The molecule has 0 bridgehead atoms. The Morgan fingerprint density at radius 2 is 1.94 bits per heavy atom. The van der Waals surface area contributed by atoms with Crippen LogP contribution in [0.1, 0.15) is 25.0 Å². The maximum Gasteiger partial charge on any atom is 0.300 e. The Labute approximate surface area is 105 Å². The molecule has 1 aromatic carbocycles. The van der Waals surface area contributed by atoms with Crippen molar-refractivity contribution in [2.45, 2.75) is 19.8 Å². The number of ether oxygens (including phenoxy) is 2. The molecule has 0 atom stereocenters. The quantitative estimate of drug-likeness (QED) is 0.839. The van der Waals surface area contributed by atoms with E-state index in [1.165, 1.54) is 0 Å². The Bertz CT molecular complexity index is 454. The Balaban J connectivity index is 2.52. The predicted octanol–water partition coefficient (Wildman–Crippen LogP) is 2.24. The summed E-state index contributed by atoms with van der Waals surface area (Å²) < 4.78 is 11.3. The first-order valence-electron chi connectivity index (χ1n) is 5.56. The molecular weight excluding hydrogens is 240 g/mol. The molecule has 92 valence electrons. The topological polar surface area (TPSA) is 56.8 Å². The minimum Gasteiger partial charge on any atom is -0.383 e. The summed E-state index contributed by atoms with van der Waals surface area (Å²) in [4.78, 5) is 4.30. The molecule has 0 fully saturated rings. The van der Waals surface area contributed by atoms with Crippen LogP contribution in [0, 0.1) is 0 Å². The number of rotatable bonds is 4. The van der Waals surface area contributed by atoms with Crippen LogP contribution in [-0.2, 0) is 15.4 Å². The lowest BCUT2D eigenvalue weighted by molar-refractivity contribution is -0.234. The van der Waals surface area contributed by atoms with Crippen molar-refractivity contribution < 1.29 is 9.47 Å². The van der Waals surface area contributed by atoms with Gasteiger partial charge in [-0.1, -0.05) is 11.6 Å². The molecule has 0 unspecified atom stereocenters. The Morgan fingerprint density at radius 1 is 1.29 bits per heavy atom. The van der Waals surface area contributed by atoms with Gasteiger partial charge in [-0.05, 0) is 32.0 Å². The fourth-order valence-corrected chi connectivity index (χ4v) is 2.11. The van der Waals surface area contributed by atoms with E-state index in [1.807, 2.05) is 19.9 Å². The highest BCUT2D eigenvalue weighted by Crippen LogP contribution is 2.37. The number of benzene rings is 1. The molecule has 1 aliphatic rings. The van der Waals surface area contributed by atoms with Crippen molar-refractivity contribution >= 4 is 17.4 Å². The maximum atomic E-state index is 5.94. The first-order valence-corrected chi connectivity index (χ1v) is 5.94. The van der Waals surface area contributed by atoms with E-state index in [2.05, 4.69) is 4.99 Å². The summed E-state index contributed by atoms with van der Waals surface area (Å²) in [7, 11) is 0. The lowest BCUT2D eigenvalue weighted by Gasteiger charge is -2.26. The maximum absolute atomic E-state index is 5.94. The second kappa shape index (κ2) is 4.64. The molecule has 0 saturated carbocycles. The first-order chi connectivity index (χ1) is 8.13. The Hall–Kier alpha value is -1.10. The zero-order valence-electron chi connectivity index (χ0n) is 9.87. The fourth-order valence-electron chi connectivity index (χ4n) is 1.94. The number of fused-ring (bicyclic) bond motifs is 1. The molecule has 17 heavy (non-hydrogen) atoms. The largest absolute Gasteiger partial charge is 0.383 e. The van der Waals surface area contributed by atoms with Gasteiger partial charge in [0.2, 0.25) is 0 Å². The van der Waals surface area contributed by atoms with Gasteiger partial charge >= 0.3 is 5.91 Å². The number of hydrogen-bond acceptors (Lipinski definition) is 4. The molecular formula is C12H15ClN2O2. The normalized spacial score (nSPS) is 16.8. The minimum absolute atomic E-state index is 0.393. The lowest BCUT2D eigenvalue weighted by atomic mass is 10.1. The number of hydrogen-bond donors (Lipinski definition) is 1. The van der Waals surface area contributed by atoms with Crippen LogP contribution in [0.25, 0.3) is 0 Å². The summed E-state index contributed by atoms with van der Waals surface area (Å²) in [5.74, 6) is -0.711. The van der Waals surface area contributed by atoms with Gasteiger partial charge in [0.05, 0.1) is 0 Å². The van der Waals surface area contributed by atoms with Gasteiger partial charge in [-0.3, -0.25) is 0 Å². The summed E-state index contributed by atoms with van der Waals surface area (Å²) in [6.07, 6.45) is 0. The molecule has 1 heterocycles. The average Bonchev–Trinajstić information content (AvgIpc) is 2.53. The average molecular weight is 255 g/mol. The van der Waals surface area contributed by atoms with Crippen molar-refractivity contribution in [1.82, 2.24) is 0 Å². The van der Waals surface area contributed by atoms with Crippen LogP contribution in [0.4, 0.5) is 0 Å².